The number of hydrogen-bond acceptors (Lipinski definition) is 7. The third-order valence-electron chi connectivity index (χ3n) is 5.70. The number of aromatic amines is 1. The van der Waals surface area contributed by atoms with Gasteiger partial charge in [-0.05, 0) is 52.7 Å². The number of piperidine rings is 1. The van der Waals surface area contributed by atoms with E-state index in [0.29, 0.717) is 13.1 Å². The van der Waals surface area contributed by atoms with Crippen molar-refractivity contribution in [3.05, 3.63) is 40.6 Å². The van der Waals surface area contributed by atoms with Crippen LogP contribution in [-0.2, 0) is 4.74 Å². The molecule has 0 bridgehead atoms. The van der Waals surface area contributed by atoms with Gasteiger partial charge in [-0.25, -0.2) is 19.7 Å². The predicted octanol–water partition coefficient (Wildman–Crippen LogP) is 6.23. The van der Waals surface area contributed by atoms with E-state index in [2.05, 4.69) is 33.5 Å². The Morgan fingerprint density at radius 2 is 1.97 bits per heavy atom. The number of H-pyrrole nitrogens is 1. The summed E-state index contributed by atoms with van der Waals surface area (Å²) in [5, 5.41) is 2.97. The van der Waals surface area contributed by atoms with Crippen LogP contribution < -0.4 is 0 Å². The lowest BCUT2D eigenvalue weighted by Gasteiger charge is -2.32. The van der Waals surface area contributed by atoms with E-state index in [4.69, 9.17) is 14.7 Å². The summed E-state index contributed by atoms with van der Waals surface area (Å²) in [7, 11) is 0. The first-order valence-corrected chi connectivity index (χ1v) is 12.9. The number of hydrogen-bond donors (Lipinski definition) is 1. The number of likely N-dealkylation sites (tertiary alicyclic amines) is 1. The monoisotopic (exact) mass is 481 g/mol. The minimum absolute atomic E-state index is 0.238. The van der Waals surface area contributed by atoms with Crippen molar-refractivity contribution in [2.45, 2.75) is 52.1 Å². The van der Waals surface area contributed by atoms with Crippen LogP contribution in [0.5, 0.6) is 0 Å². The molecule has 0 spiro atoms. The Bertz CT molecular complexity index is 1290. The number of benzene rings is 1. The predicted molar refractivity (Wildman–Crippen MR) is 133 cm³/mol. The molecule has 33 heavy (non-hydrogen) atoms. The van der Waals surface area contributed by atoms with E-state index < -0.39 is 5.60 Å². The summed E-state index contributed by atoms with van der Waals surface area (Å²) in [5.41, 5.74) is 6.35. The first-order valence-electron chi connectivity index (χ1n) is 11.1. The third-order valence-corrected chi connectivity index (χ3v) is 7.46. The Kier molecular flexibility index (Phi) is 5.70. The molecule has 1 aliphatic heterocycles. The van der Waals surface area contributed by atoms with E-state index in [0.717, 1.165) is 56.5 Å². The molecular formula is C24H27N5O2S2. The molecule has 0 aliphatic carbocycles. The van der Waals surface area contributed by atoms with Gasteiger partial charge < -0.3 is 14.6 Å². The molecule has 1 aromatic carbocycles. The van der Waals surface area contributed by atoms with Crippen molar-refractivity contribution in [3.63, 3.8) is 0 Å². The zero-order chi connectivity index (χ0) is 23.2. The first kappa shape index (κ1) is 22.0. The summed E-state index contributed by atoms with van der Waals surface area (Å²) in [5.74, 6) is 1.21. The number of amides is 1. The fraction of sp³-hybridized carbons (Fsp3) is 0.417. The van der Waals surface area contributed by atoms with E-state index in [9.17, 15) is 4.79 Å². The molecule has 0 unspecified atom stereocenters. The van der Waals surface area contributed by atoms with Crippen LogP contribution in [0.15, 0.2) is 29.1 Å². The molecule has 1 aliphatic rings. The molecule has 0 atom stereocenters. The molecule has 172 valence electrons. The number of thiazole rings is 2. The van der Waals surface area contributed by atoms with Crippen molar-refractivity contribution in [1.29, 1.82) is 0 Å². The molecule has 0 radical (unpaired) electrons. The smallest absolute Gasteiger partial charge is 0.410 e. The highest BCUT2D eigenvalue weighted by molar-refractivity contribution is 7.16. The summed E-state index contributed by atoms with van der Waals surface area (Å²) in [6.45, 7) is 9.01. The normalized spacial score (nSPS) is 15.3. The molecule has 3 aromatic heterocycles. The highest BCUT2D eigenvalue weighted by Gasteiger charge is 2.30. The van der Waals surface area contributed by atoms with Crippen molar-refractivity contribution in [1.82, 2.24) is 24.8 Å². The maximum absolute atomic E-state index is 12.4. The van der Waals surface area contributed by atoms with E-state index >= 15 is 0 Å². The van der Waals surface area contributed by atoms with Gasteiger partial charge in [0.15, 0.2) is 0 Å². The lowest BCUT2D eigenvalue weighted by atomic mass is 9.96. The van der Waals surface area contributed by atoms with Crippen molar-refractivity contribution >= 4 is 39.0 Å². The van der Waals surface area contributed by atoms with E-state index in [1.165, 1.54) is 0 Å². The fourth-order valence-electron chi connectivity index (χ4n) is 4.08. The summed E-state index contributed by atoms with van der Waals surface area (Å²) >= 11 is 3.25. The van der Waals surface area contributed by atoms with Crippen LogP contribution in [0.1, 0.15) is 51.0 Å². The third kappa shape index (κ3) is 4.65. The second-order valence-electron chi connectivity index (χ2n) is 9.42. The van der Waals surface area contributed by atoms with Gasteiger partial charge in [0.2, 0.25) is 0 Å². The van der Waals surface area contributed by atoms with Crippen LogP contribution in [-0.4, -0.2) is 49.6 Å². The topological polar surface area (TPSA) is 84.0 Å². The van der Waals surface area contributed by atoms with Crippen LogP contribution in [0.3, 0.4) is 0 Å². The highest BCUT2D eigenvalue weighted by Crippen LogP contribution is 2.37. The first-order chi connectivity index (χ1) is 15.8. The number of ether oxygens (including phenoxy) is 1. The lowest BCUT2D eigenvalue weighted by molar-refractivity contribution is 0.0203. The van der Waals surface area contributed by atoms with Gasteiger partial charge in [-0.15, -0.1) is 22.7 Å². The number of aromatic nitrogens is 4. The number of nitrogens with one attached hydrogen (secondary N) is 1. The van der Waals surface area contributed by atoms with Gasteiger partial charge in [-0.3, -0.25) is 0 Å². The zero-order valence-corrected chi connectivity index (χ0v) is 20.8. The SMILES string of the molecule is Cc1csc(-c2nc(C3CCN(C(=O)OC(C)(C)C)CC3)[nH]c2-c2ccc3ncsc3c2)n1. The van der Waals surface area contributed by atoms with E-state index in [1.54, 1.807) is 27.6 Å². The summed E-state index contributed by atoms with van der Waals surface area (Å²) in [4.78, 5) is 32.0. The van der Waals surface area contributed by atoms with E-state index in [-0.39, 0.29) is 12.0 Å². The van der Waals surface area contributed by atoms with Crippen LogP contribution in [0.4, 0.5) is 4.79 Å². The number of fused-ring (bicyclic) bond motifs is 1. The van der Waals surface area contributed by atoms with Crippen molar-refractivity contribution in [2.75, 3.05) is 13.1 Å². The number of carbonyl (C=O) groups excluding carboxylic acids is 1. The molecule has 1 N–H and O–H groups in total. The van der Waals surface area contributed by atoms with Gasteiger partial charge in [0.1, 0.15) is 22.1 Å². The molecule has 4 heterocycles. The van der Waals surface area contributed by atoms with Crippen molar-refractivity contribution < 1.29 is 9.53 Å². The maximum Gasteiger partial charge on any atom is 0.410 e. The number of rotatable bonds is 3. The van der Waals surface area contributed by atoms with Crippen LogP contribution in [0.2, 0.25) is 0 Å². The molecular weight excluding hydrogens is 454 g/mol. The summed E-state index contributed by atoms with van der Waals surface area (Å²) < 4.78 is 6.69. The van der Waals surface area contributed by atoms with Gasteiger partial charge in [0.05, 0.1) is 21.4 Å². The standard InChI is InChI=1S/C24H27N5O2S2/c1-14-12-32-22(26-14)20-19(16-5-6-17-18(11-16)33-13-25-17)27-21(28-20)15-7-9-29(10-8-15)23(30)31-24(2,3)4/h5-6,11-13,15H,7-10H2,1-4H3,(H,27,28). The molecule has 9 heteroatoms. The van der Waals surface area contributed by atoms with Gasteiger partial charge in [0.25, 0.3) is 0 Å². The van der Waals surface area contributed by atoms with Crippen molar-refractivity contribution in [3.8, 4) is 22.0 Å². The Balaban J connectivity index is 1.43. The van der Waals surface area contributed by atoms with Crippen molar-refractivity contribution in [2.24, 2.45) is 0 Å². The Labute approximate surface area is 200 Å². The van der Waals surface area contributed by atoms with Gasteiger partial charge in [-0.1, -0.05) is 6.07 Å². The Hall–Kier alpha value is -2.78. The minimum Gasteiger partial charge on any atom is -0.444 e. The minimum atomic E-state index is -0.482. The van der Waals surface area contributed by atoms with Crippen LogP contribution in [0.25, 0.3) is 32.2 Å². The molecule has 7 nitrogen and oxygen atoms in total. The molecule has 5 rings (SSSR count). The molecule has 1 fully saturated rings. The van der Waals surface area contributed by atoms with Gasteiger partial charge in [-0.2, -0.15) is 0 Å². The zero-order valence-electron chi connectivity index (χ0n) is 19.2. The molecule has 1 saturated heterocycles. The maximum atomic E-state index is 12.4. The second-order valence-corrected chi connectivity index (χ2v) is 11.2. The van der Waals surface area contributed by atoms with E-state index in [1.807, 2.05) is 33.2 Å². The van der Waals surface area contributed by atoms with Gasteiger partial charge in [0, 0.05) is 35.6 Å². The van der Waals surface area contributed by atoms with Gasteiger partial charge >= 0.3 is 6.09 Å². The average Bonchev–Trinajstić information content (AvgIpc) is 3.51. The average molecular weight is 482 g/mol. The largest absolute Gasteiger partial charge is 0.444 e. The number of aryl methyl sites for hydroxylation is 1. The molecule has 4 aromatic rings. The summed E-state index contributed by atoms with van der Waals surface area (Å²) in [6.07, 6.45) is 1.45. The lowest BCUT2D eigenvalue weighted by Crippen LogP contribution is -2.41. The Morgan fingerprint density at radius 3 is 2.67 bits per heavy atom. The van der Waals surface area contributed by atoms with Crippen LogP contribution in [0, 0.1) is 6.92 Å². The summed E-state index contributed by atoms with van der Waals surface area (Å²) in [6, 6.07) is 6.31. The fourth-order valence-corrected chi connectivity index (χ4v) is 5.59. The number of imidazole rings is 1. The Morgan fingerprint density at radius 1 is 1.18 bits per heavy atom. The molecule has 1 amide bonds. The quantitative estimate of drug-likeness (QED) is 0.375. The molecule has 0 saturated carbocycles. The number of nitrogens with zero attached hydrogens (tertiary/aromatic N) is 4. The van der Waals surface area contributed by atoms with Crippen LogP contribution >= 0.6 is 22.7 Å². The second kappa shape index (κ2) is 8.53. The highest BCUT2D eigenvalue weighted by atomic mass is 32.1. The number of carbonyl (C=O) groups is 1.